The van der Waals surface area contributed by atoms with Crippen LogP contribution in [0.2, 0.25) is 0 Å². The first kappa shape index (κ1) is 17.9. The number of amides is 3. The lowest BCUT2D eigenvalue weighted by molar-refractivity contribution is -0.132. The second kappa shape index (κ2) is 7.02. The molecule has 0 bridgehead atoms. The number of fused-ring (bicyclic) bond motifs is 3. The number of urea groups is 1. The molecule has 1 aromatic carbocycles. The number of hydrogen-bond donors (Lipinski definition) is 0. The van der Waals surface area contributed by atoms with E-state index in [4.69, 9.17) is 0 Å². The number of hydrogen-bond acceptors (Lipinski definition) is 4. The number of rotatable bonds is 3. The molecule has 0 unspecified atom stereocenters. The molecule has 1 aromatic heterocycles. The number of carbonyl (C=O) groups excluding carboxylic acids is 2. The summed E-state index contributed by atoms with van der Waals surface area (Å²) in [6, 6.07) is 9.67. The number of carbonyl (C=O) groups is 2. The van der Waals surface area contributed by atoms with Crippen LogP contribution < -0.4 is 4.90 Å². The third-order valence-electron chi connectivity index (χ3n) is 5.96. The van der Waals surface area contributed by atoms with Crippen LogP contribution in [0.1, 0.15) is 31.7 Å². The molecule has 3 amide bonds. The summed E-state index contributed by atoms with van der Waals surface area (Å²) in [7, 11) is 0. The van der Waals surface area contributed by atoms with Gasteiger partial charge in [-0.3, -0.25) is 19.6 Å². The summed E-state index contributed by atoms with van der Waals surface area (Å²) >= 11 is 0. The Balaban J connectivity index is 1.55. The van der Waals surface area contributed by atoms with Crippen molar-refractivity contribution in [1.82, 2.24) is 19.6 Å². The molecule has 0 N–H and O–H groups in total. The van der Waals surface area contributed by atoms with E-state index in [0.29, 0.717) is 24.7 Å². The average molecular weight is 392 g/mol. The smallest absolute Gasteiger partial charge is 0.331 e. The van der Waals surface area contributed by atoms with Gasteiger partial charge in [0.1, 0.15) is 12.4 Å². The van der Waals surface area contributed by atoms with E-state index in [2.05, 4.69) is 17.0 Å². The van der Waals surface area contributed by atoms with Gasteiger partial charge in [0, 0.05) is 19.1 Å². The monoisotopic (exact) mass is 392 g/mol. The van der Waals surface area contributed by atoms with Crippen LogP contribution in [0.3, 0.4) is 0 Å². The summed E-state index contributed by atoms with van der Waals surface area (Å²) < 4.78 is 1.73. The minimum absolute atomic E-state index is 0.0124. The third kappa shape index (κ3) is 2.90. The number of benzene rings is 1. The van der Waals surface area contributed by atoms with Gasteiger partial charge in [-0.25, -0.2) is 9.48 Å². The van der Waals surface area contributed by atoms with Crippen molar-refractivity contribution in [3.8, 4) is 5.69 Å². The zero-order valence-corrected chi connectivity index (χ0v) is 16.5. The molecule has 8 nitrogen and oxygen atoms in total. The molecule has 3 aliphatic heterocycles. The van der Waals surface area contributed by atoms with Crippen molar-refractivity contribution in [1.29, 1.82) is 0 Å². The van der Waals surface area contributed by atoms with Gasteiger partial charge in [-0.1, -0.05) is 18.2 Å². The van der Waals surface area contributed by atoms with Gasteiger partial charge in [-0.2, -0.15) is 5.10 Å². The average Bonchev–Trinajstić information content (AvgIpc) is 3.39. The molecule has 1 fully saturated rings. The number of aromatic nitrogens is 2. The Bertz CT molecular complexity index is 982. The van der Waals surface area contributed by atoms with Crippen molar-refractivity contribution in [3.05, 3.63) is 42.1 Å². The molecule has 1 saturated heterocycles. The fourth-order valence-electron chi connectivity index (χ4n) is 4.46. The number of amidine groups is 1. The highest BCUT2D eigenvalue weighted by Crippen LogP contribution is 2.33. The summed E-state index contributed by atoms with van der Waals surface area (Å²) in [5.74, 6) is 1.26. The van der Waals surface area contributed by atoms with E-state index in [0.717, 1.165) is 37.1 Å². The molecule has 0 aliphatic carbocycles. The second-order valence-corrected chi connectivity index (χ2v) is 7.79. The topological polar surface area (TPSA) is 74.0 Å². The molecule has 150 valence electrons. The highest BCUT2D eigenvalue weighted by Gasteiger charge is 2.41. The van der Waals surface area contributed by atoms with Crippen LogP contribution in [0.15, 0.2) is 41.5 Å². The number of aliphatic imine (C=N–C) groups is 1. The van der Waals surface area contributed by atoms with E-state index in [1.165, 1.54) is 0 Å². The molecule has 1 atom stereocenters. The SMILES string of the molecule is C[C@@H]1CCCCN1C(=O)CN1C(=O)N2CCN=C2c2cnn(-c3ccccc3)c21. The van der Waals surface area contributed by atoms with Crippen LogP contribution in [0.4, 0.5) is 10.6 Å². The maximum absolute atomic E-state index is 13.3. The summed E-state index contributed by atoms with van der Waals surface area (Å²) in [5.41, 5.74) is 1.64. The molecule has 3 aliphatic rings. The summed E-state index contributed by atoms with van der Waals surface area (Å²) in [6.45, 7) is 3.96. The first-order chi connectivity index (χ1) is 14.1. The first-order valence-electron chi connectivity index (χ1n) is 10.2. The van der Waals surface area contributed by atoms with Gasteiger partial charge in [0.25, 0.3) is 0 Å². The van der Waals surface area contributed by atoms with E-state index in [1.807, 2.05) is 35.2 Å². The highest BCUT2D eigenvalue weighted by atomic mass is 16.2. The third-order valence-corrected chi connectivity index (χ3v) is 5.96. The normalized spacial score (nSPS) is 21.1. The Morgan fingerprint density at radius 1 is 1.17 bits per heavy atom. The summed E-state index contributed by atoms with van der Waals surface area (Å²) in [6.07, 6.45) is 4.91. The zero-order valence-electron chi connectivity index (χ0n) is 16.5. The number of anilines is 1. The number of nitrogens with zero attached hydrogens (tertiary/aromatic N) is 6. The molecular formula is C21H24N6O2. The van der Waals surface area contributed by atoms with Gasteiger partial charge in [-0.05, 0) is 38.3 Å². The molecule has 29 heavy (non-hydrogen) atoms. The van der Waals surface area contributed by atoms with Crippen LogP contribution in [0.25, 0.3) is 5.69 Å². The number of para-hydroxylation sites is 1. The molecule has 8 heteroatoms. The maximum atomic E-state index is 13.3. The van der Waals surface area contributed by atoms with E-state index >= 15 is 0 Å². The van der Waals surface area contributed by atoms with Gasteiger partial charge in [0.15, 0.2) is 5.82 Å². The van der Waals surface area contributed by atoms with Crippen molar-refractivity contribution in [2.24, 2.45) is 4.99 Å². The first-order valence-corrected chi connectivity index (χ1v) is 10.2. The Hall–Kier alpha value is -3.16. The van der Waals surface area contributed by atoms with Crippen molar-refractivity contribution >= 4 is 23.6 Å². The van der Waals surface area contributed by atoms with Crippen LogP contribution in [0, 0.1) is 0 Å². The minimum atomic E-state index is -0.204. The summed E-state index contributed by atoms with van der Waals surface area (Å²) in [4.78, 5) is 36.1. The molecule has 0 spiro atoms. The Morgan fingerprint density at radius 2 is 2.00 bits per heavy atom. The number of piperidine rings is 1. The second-order valence-electron chi connectivity index (χ2n) is 7.79. The molecule has 5 rings (SSSR count). The van der Waals surface area contributed by atoms with E-state index in [-0.39, 0.29) is 24.5 Å². The van der Waals surface area contributed by atoms with E-state index in [9.17, 15) is 9.59 Å². The predicted octanol–water partition coefficient (Wildman–Crippen LogP) is 2.28. The Morgan fingerprint density at radius 3 is 2.79 bits per heavy atom. The molecule has 4 heterocycles. The Labute approximate surface area is 169 Å². The lowest BCUT2D eigenvalue weighted by Gasteiger charge is -2.37. The molecular weight excluding hydrogens is 368 g/mol. The van der Waals surface area contributed by atoms with Gasteiger partial charge in [0.05, 0.1) is 24.0 Å². The van der Waals surface area contributed by atoms with Crippen LogP contribution in [-0.4, -0.2) is 69.6 Å². The molecule has 0 saturated carbocycles. The molecule has 0 radical (unpaired) electrons. The predicted molar refractivity (Wildman–Crippen MR) is 109 cm³/mol. The number of likely N-dealkylation sites (tertiary alicyclic amines) is 1. The van der Waals surface area contributed by atoms with Gasteiger partial charge in [-0.15, -0.1) is 0 Å². The van der Waals surface area contributed by atoms with Crippen molar-refractivity contribution in [3.63, 3.8) is 0 Å². The van der Waals surface area contributed by atoms with Crippen molar-refractivity contribution in [2.45, 2.75) is 32.2 Å². The van der Waals surface area contributed by atoms with Crippen LogP contribution in [0.5, 0.6) is 0 Å². The van der Waals surface area contributed by atoms with E-state index in [1.54, 1.807) is 20.7 Å². The maximum Gasteiger partial charge on any atom is 0.331 e. The van der Waals surface area contributed by atoms with Gasteiger partial charge < -0.3 is 4.90 Å². The van der Waals surface area contributed by atoms with Gasteiger partial charge >= 0.3 is 6.03 Å². The van der Waals surface area contributed by atoms with Crippen molar-refractivity contribution in [2.75, 3.05) is 31.1 Å². The lowest BCUT2D eigenvalue weighted by atomic mass is 10.0. The van der Waals surface area contributed by atoms with Crippen LogP contribution in [-0.2, 0) is 4.79 Å². The van der Waals surface area contributed by atoms with Gasteiger partial charge in [0.2, 0.25) is 5.91 Å². The summed E-state index contributed by atoms with van der Waals surface area (Å²) in [5, 5.41) is 4.54. The highest BCUT2D eigenvalue weighted by molar-refractivity contribution is 6.20. The van der Waals surface area contributed by atoms with Crippen molar-refractivity contribution < 1.29 is 9.59 Å². The fourth-order valence-corrected chi connectivity index (χ4v) is 4.46. The quantitative estimate of drug-likeness (QED) is 0.804. The molecule has 2 aromatic rings. The lowest BCUT2D eigenvalue weighted by Crippen LogP contribution is -2.55. The van der Waals surface area contributed by atoms with E-state index < -0.39 is 0 Å². The fraction of sp³-hybridized carbons (Fsp3) is 0.429. The largest absolute Gasteiger partial charge is 0.338 e. The standard InChI is InChI=1S/C21H24N6O2/c1-15-7-5-6-11-24(15)18(28)14-26-20-17(19-22-10-12-25(19)21(26)29)13-23-27(20)16-8-3-2-4-9-16/h2-4,8-9,13,15H,5-7,10-12,14H2,1H3/t15-/m1/s1. The minimum Gasteiger partial charge on any atom is -0.338 e. The van der Waals surface area contributed by atoms with Crippen LogP contribution >= 0.6 is 0 Å². The Kier molecular flexibility index (Phi) is 4.34. The zero-order chi connectivity index (χ0) is 20.0.